The van der Waals surface area contributed by atoms with E-state index in [2.05, 4.69) is 36.3 Å². The van der Waals surface area contributed by atoms with Crippen LogP contribution in [0, 0.1) is 0 Å². The summed E-state index contributed by atoms with van der Waals surface area (Å²) in [6.07, 6.45) is 10.1. The van der Waals surface area contributed by atoms with Crippen molar-refractivity contribution < 1.29 is 0 Å². The van der Waals surface area contributed by atoms with Crippen LogP contribution in [-0.2, 0) is 6.42 Å². The largest absolute Gasteiger partial charge is 0.271 e. The lowest BCUT2D eigenvalue weighted by atomic mass is 10.0. The number of nitrogens with one attached hydrogen (secondary N) is 1. The van der Waals surface area contributed by atoms with E-state index in [-0.39, 0.29) is 0 Å². The predicted molar refractivity (Wildman–Crippen MR) is 78.6 cm³/mol. The minimum Gasteiger partial charge on any atom is -0.271 e. The molecule has 0 aromatic carbocycles. The highest BCUT2D eigenvalue weighted by molar-refractivity contribution is 4.90. The van der Waals surface area contributed by atoms with Gasteiger partial charge in [0.05, 0.1) is 0 Å². The lowest BCUT2D eigenvalue weighted by molar-refractivity contribution is 0.429. The highest BCUT2D eigenvalue weighted by atomic mass is 15.3. The number of nitrogens with two attached hydrogens (primary N) is 1. The van der Waals surface area contributed by atoms with Crippen LogP contribution in [0.2, 0.25) is 0 Å². The van der Waals surface area contributed by atoms with Crippen molar-refractivity contribution in [2.24, 2.45) is 5.84 Å². The zero-order chi connectivity index (χ0) is 14.1. The number of nitrogens with zero attached hydrogens (tertiary/aromatic N) is 3. The molecule has 1 atom stereocenters. The summed E-state index contributed by atoms with van der Waals surface area (Å²) in [4.78, 5) is 4.34. The first kappa shape index (κ1) is 16.1. The third-order valence-corrected chi connectivity index (χ3v) is 3.46. The highest BCUT2D eigenvalue weighted by Gasteiger charge is 2.13. The summed E-state index contributed by atoms with van der Waals surface area (Å²) < 4.78 is 1.97. The summed E-state index contributed by atoms with van der Waals surface area (Å²) in [5.74, 6) is 6.67. The van der Waals surface area contributed by atoms with Gasteiger partial charge >= 0.3 is 0 Å². The molecule has 0 fully saturated rings. The van der Waals surface area contributed by atoms with E-state index in [0.717, 1.165) is 18.7 Å². The maximum atomic E-state index is 5.65. The summed E-state index contributed by atoms with van der Waals surface area (Å²) in [5, 5.41) is 4.26. The molecule has 0 bridgehead atoms. The van der Waals surface area contributed by atoms with Crippen LogP contribution in [0.15, 0.2) is 6.33 Å². The molecule has 0 amide bonds. The number of aromatic nitrogens is 3. The first-order valence-corrected chi connectivity index (χ1v) is 7.53. The van der Waals surface area contributed by atoms with Crippen molar-refractivity contribution in [3.8, 4) is 0 Å². The molecule has 0 aliphatic heterocycles. The minimum absolute atomic E-state index is 0.295. The van der Waals surface area contributed by atoms with Crippen LogP contribution >= 0.6 is 0 Å². The molecule has 1 heterocycles. The fourth-order valence-electron chi connectivity index (χ4n) is 2.31. The summed E-state index contributed by atoms with van der Waals surface area (Å²) in [5.41, 5.74) is 2.92. The number of rotatable bonds is 10. The topological polar surface area (TPSA) is 68.8 Å². The van der Waals surface area contributed by atoms with E-state index in [1.165, 1.54) is 32.1 Å². The molecular formula is C14H29N5. The third kappa shape index (κ3) is 5.70. The number of hydrogen-bond acceptors (Lipinski definition) is 4. The first-order valence-electron chi connectivity index (χ1n) is 7.53. The lowest BCUT2D eigenvalue weighted by Crippen LogP contribution is -2.37. The Kier molecular flexibility index (Phi) is 7.67. The number of hydrogen-bond donors (Lipinski definition) is 2. The fourth-order valence-corrected chi connectivity index (χ4v) is 2.31. The van der Waals surface area contributed by atoms with Gasteiger partial charge in [0, 0.05) is 18.5 Å². The van der Waals surface area contributed by atoms with Gasteiger partial charge in [-0.25, -0.2) is 9.67 Å². The molecule has 1 aromatic rings. The average molecular weight is 267 g/mol. The lowest BCUT2D eigenvalue weighted by Gasteiger charge is -2.17. The Balaban J connectivity index is 2.37. The fraction of sp³-hybridized carbons (Fsp3) is 0.857. The van der Waals surface area contributed by atoms with E-state index in [9.17, 15) is 0 Å². The molecule has 0 saturated carbocycles. The van der Waals surface area contributed by atoms with Gasteiger partial charge in [0.2, 0.25) is 0 Å². The Labute approximate surface area is 116 Å². The Morgan fingerprint density at radius 2 is 2.00 bits per heavy atom. The maximum absolute atomic E-state index is 5.65. The van der Waals surface area contributed by atoms with E-state index in [0.29, 0.717) is 12.1 Å². The van der Waals surface area contributed by atoms with Gasteiger partial charge < -0.3 is 0 Å². The second-order valence-electron chi connectivity index (χ2n) is 5.49. The first-order chi connectivity index (χ1) is 9.19. The van der Waals surface area contributed by atoms with Crippen LogP contribution in [-0.4, -0.2) is 20.8 Å². The van der Waals surface area contributed by atoms with Crippen molar-refractivity contribution in [1.29, 1.82) is 0 Å². The Morgan fingerprint density at radius 1 is 1.26 bits per heavy atom. The van der Waals surface area contributed by atoms with Gasteiger partial charge in [-0.1, -0.05) is 39.0 Å². The predicted octanol–water partition coefficient (Wildman–Crippen LogP) is 2.59. The normalized spacial score (nSPS) is 13.1. The summed E-state index contributed by atoms with van der Waals surface area (Å²) in [6, 6.07) is 0.642. The Hall–Kier alpha value is -0.940. The molecule has 5 heteroatoms. The Morgan fingerprint density at radius 3 is 2.63 bits per heavy atom. The summed E-state index contributed by atoms with van der Waals surface area (Å²) in [6.45, 7) is 6.48. The molecular weight excluding hydrogens is 238 g/mol. The van der Waals surface area contributed by atoms with E-state index in [4.69, 9.17) is 5.84 Å². The number of hydrazine groups is 1. The molecule has 1 unspecified atom stereocenters. The third-order valence-electron chi connectivity index (χ3n) is 3.46. The van der Waals surface area contributed by atoms with Crippen LogP contribution in [0.5, 0.6) is 0 Å². The van der Waals surface area contributed by atoms with Gasteiger partial charge in [-0.15, -0.1) is 0 Å². The van der Waals surface area contributed by atoms with Crippen molar-refractivity contribution in [1.82, 2.24) is 20.2 Å². The zero-order valence-electron chi connectivity index (χ0n) is 12.6. The summed E-state index contributed by atoms with van der Waals surface area (Å²) >= 11 is 0. The number of unbranched alkanes of at least 4 members (excludes halogenated alkanes) is 4. The van der Waals surface area contributed by atoms with Gasteiger partial charge in [0.15, 0.2) is 0 Å². The van der Waals surface area contributed by atoms with Crippen LogP contribution in [0.4, 0.5) is 0 Å². The molecule has 0 aliphatic carbocycles. The molecule has 0 spiro atoms. The second kappa shape index (κ2) is 9.04. The van der Waals surface area contributed by atoms with Crippen LogP contribution in [0.3, 0.4) is 0 Å². The van der Waals surface area contributed by atoms with E-state index in [1.54, 1.807) is 6.33 Å². The average Bonchev–Trinajstić information content (AvgIpc) is 2.85. The van der Waals surface area contributed by atoms with Crippen LogP contribution in [0.25, 0.3) is 0 Å². The van der Waals surface area contributed by atoms with E-state index in [1.807, 2.05) is 4.68 Å². The standard InChI is InChI=1S/C14H29N5/c1-4-5-6-7-8-9-13(18-15)10-14-16-11-17-19(14)12(2)3/h11-13,18H,4-10,15H2,1-3H3. The summed E-state index contributed by atoms with van der Waals surface area (Å²) in [7, 11) is 0. The van der Waals surface area contributed by atoms with Crippen molar-refractivity contribution in [3.05, 3.63) is 12.2 Å². The van der Waals surface area contributed by atoms with Gasteiger partial charge in [0.25, 0.3) is 0 Å². The van der Waals surface area contributed by atoms with Crippen molar-refractivity contribution >= 4 is 0 Å². The van der Waals surface area contributed by atoms with Crippen molar-refractivity contribution in [2.75, 3.05) is 0 Å². The Bertz CT molecular complexity index is 334. The quantitative estimate of drug-likeness (QED) is 0.388. The van der Waals surface area contributed by atoms with Gasteiger partial charge in [-0.2, -0.15) is 5.10 Å². The molecule has 0 aliphatic rings. The van der Waals surface area contributed by atoms with Crippen molar-refractivity contribution in [2.45, 2.75) is 77.8 Å². The smallest absolute Gasteiger partial charge is 0.138 e. The minimum atomic E-state index is 0.295. The zero-order valence-corrected chi connectivity index (χ0v) is 12.6. The van der Waals surface area contributed by atoms with Crippen molar-refractivity contribution in [3.63, 3.8) is 0 Å². The van der Waals surface area contributed by atoms with Gasteiger partial charge in [-0.05, 0) is 20.3 Å². The molecule has 110 valence electrons. The maximum Gasteiger partial charge on any atom is 0.138 e. The molecule has 19 heavy (non-hydrogen) atoms. The SMILES string of the molecule is CCCCCCCC(Cc1ncnn1C(C)C)NN. The molecule has 3 N–H and O–H groups in total. The molecule has 5 nitrogen and oxygen atoms in total. The molecule has 1 aromatic heterocycles. The van der Waals surface area contributed by atoms with E-state index >= 15 is 0 Å². The highest BCUT2D eigenvalue weighted by Crippen LogP contribution is 2.12. The molecule has 0 saturated heterocycles. The second-order valence-corrected chi connectivity index (χ2v) is 5.49. The van der Waals surface area contributed by atoms with Crippen LogP contribution < -0.4 is 11.3 Å². The monoisotopic (exact) mass is 267 g/mol. The molecule has 1 rings (SSSR count). The van der Waals surface area contributed by atoms with Crippen LogP contribution in [0.1, 0.15) is 71.2 Å². The molecule has 0 radical (unpaired) electrons. The van der Waals surface area contributed by atoms with Gasteiger partial charge in [-0.3, -0.25) is 11.3 Å². The van der Waals surface area contributed by atoms with Gasteiger partial charge in [0.1, 0.15) is 12.2 Å². The van der Waals surface area contributed by atoms with E-state index < -0.39 is 0 Å².